The zero-order chi connectivity index (χ0) is 15.2. The van der Waals surface area contributed by atoms with Gasteiger partial charge in [0, 0.05) is 12.3 Å². The number of hydrogen-bond acceptors (Lipinski definition) is 5. The van der Waals surface area contributed by atoms with Gasteiger partial charge < -0.3 is 4.74 Å². The fraction of sp³-hybridized carbons (Fsp3) is 0.357. The van der Waals surface area contributed by atoms with Crippen molar-refractivity contribution < 1.29 is 4.74 Å². The van der Waals surface area contributed by atoms with E-state index >= 15 is 0 Å². The van der Waals surface area contributed by atoms with Crippen LogP contribution in [0.2, 0.25) is 0 Å². The summed E-state index contributed by atoms with van der Waals surface area (Å²) in [6.07, 6.45) is 0.873. The van der Waals surface area contributed by atoms with Crippen LogP contribution < -0.4 is 10.4 Å². The molecule has 1 N–H and O–H groups in total. The first-order valence-electron chi connectivity index (χ1n) is 6.54. The van der Waals surface area contributed by atoms with Crippen molar-refractivity contribution in [1.29, 1.82) is 5.26 Å². The molecule has 1 aromatic carbocycles. The summed E-state index contributed by atoms with van der Waals surface area (Å²) in [5.74, 6) is 1.21. The van der Waals surface area contributed by atoms with Crippen LogP contribution in [0.25, 0.3) is 0 Å². The van der Waals surface area contributed by atoms with Crippen LogP contribution in [0.1, 0.15) is 24.5 Å². The fourth-order valence-electron chi connectivity index (χ4n) is 1.90. The Kier molecular flexibility index (Phi) is 5.06. The number of thioether (sulfide) groups is 1. The molecule has 0 aliphatic rings. The Balaban J connectivity index is 2.14. The minimum Gasteiger partial charge on any atom is -0.495 e. The summed E-state index contributed by atoms with van der Waals surface area (Å²) >= 11 is 1.48. The summed E-state index contributed by atoms with van der Waals surface area (Å²) < 4.78 is 6.82. The van der Waals surface area contributed by atoms with Crippen molar-refractivity contribution in [2.45, 2.75) is 30.8 Å². The zero-order valence-corrected chi connectivity index (χ0v) is 12.7. The third-order valence-corrected chi connectivity index (χ3v) is 3.97. The quantitative estimate of drug-likeness (QED) is 0.827. The molecule has 0 amide bonds. The minimum absolute atomic E-state index is 0.184. The van der Waals surface area contributed by atoms with Gasteiger partial charge in [-0.15, -0.1) is 5.10 Å². The predicted octanol–water partition coefficient (Wildman–Crippen LogP) is 2.15. The normalized spacial score (nSPS) is 10.3. The molecule has 1 aromatic heterocycles. The molecule has 0 aliphatic carbocycles. The smallest absolute Gasteiger partial charge is 0.343 e. The molecule has 2 rings (SSSR count). The van der Waals surface area contributed by atoms with E-state index in [4.69, 9.17) is 10.00 Å². The summed E-state index contributed by atoms with van der Waals surface area (Å²) in [4.78, 5) is 11.6. The maximum Gasteiger partial charge on any atom is 0.343 e. The van der Waals surface area contributed by atoms with Crippen molar-refractivity contribution in [2.75, 3.05) is 7.11 Å². The van der Waals surface area contributed by atoms with E-state index in [0.29, 0.717) is 28.8 Å². The van der Waals surface area contributed by atoms with E-state index in [9.17, 15) is 4.79 Å². The average Bonchev–Trinajstić information content (AvgIpc) is 2.86. The van der Waals surface area contributed by atoms with Gasteiger partial charge in [-0.3, -0.25) is 4.57 Å². The summed E-state index contributed by atoms with van der Waals surface area (Å²) in [6.45, 7) is 2.66. The van der Waals surface area contributed by atoms with Gasteiger partial charge in [0.1, 0.15) is 11.8 Å². The summed E-state index contributed by atoms with van der Waals surface area (Å²) in [6, 6.07) is 7.53. The van der Waals surface area contributed by atoms with Crippen LogP contribution in [0.5, 0.6) is 5.75 Å². The number of nitrogens with zero attached hydrogens (tertiary/aromatic N) is 3. The second-order valence-corrected chi connectivity index (χ2v) is 5.34. The van der Waals surface area contributed by atoms with Gasteiger partial charge in [0.15, 0.2) is 5.16 Å². The number of methoxy groups -OCH3 is 1. The SMILES string of the molecule is CCCn1c(SCc2ccc(C#N)c(OC)c2)n[nH]c1=O. The minimum atomic E-state index is -0.184. The highest BCUT2D eigenvalue weighted by molar-refractivity contribution is 7.98. The van der Waals surface area contributed by atoms with Gasteiger partial charge in [-0.2, -0.15) is 5.26 Å². The monoisotopic (exact) mass is 304 g/mol. The summed E-state index contributed by atoms with van der Waals surface area (Å²) in [5, 5.41) is 16.1. The van der Waals surface area contributed by atoms with Crippen molar-refractivity contribution in [3.05, 3.63) is 39.8 Å². The molecular formula is C14H16N4O2S. The highest BCUT2D eigenvalue weighted by Crippen LogP contribution is 2.25. The van der Waals surface area contributed by atoms with Gasteiger partial charge in [-0.25, -0.2) is 9.89 Å². The molecule has 0 spiro atoms. The Bertz CT molecular complexity index is 714. The van der Waals surface area contributed by atoms with Crippen LogP contribution in [0.3, 0.4) is 0 Å². The number of aromatic amines is 1. The van der Waals surface area contributed by atoms with Gasteiger partial charge in [0.25, 0.3) is 0 Å². The number of nitrogens with one attached hydrogen (secondary N) is 1. The fourth-order valence-corrected chi connectivity index (χ4v) is 2.82. The molecule has 0 fully saturated rings. The van der Waals surface area contributed by atoms with Crippen LogP contribution in [0.15, 0.2) is 28.2 Å². The molecule has 0 bridgehead atoms. The van der Waals surface area contributed by atoms with Gasteiger partial charge in [0.05, 0.1) is 12.7 Å². The lowest BCUT2D eigenvalue weighted by molar-refractivity contribution is 0.413. The Labute approximate surface area is 126 Å². The Hall–Kier alpha value is -2.20. The van der Waals surface area contributed by atoms with Crippen LogP contribution in [-0.2, 0) is 12.3 Å². The van der Waals surface area contributed by atoms with Crippen molar-refractivity contribution in [3.63, 3.8) is 0 Å². The van der Waals surface area contributed by atoms with E-state index in [0.717, 1.165) is 12.0 Å². The first-order valence-corrected chi connectivity index (χ1v) is 7.53. The summed E-state index contributed by atoms with van der Waals surface area (Å²) in [5.41, 5.74) is 1.33. The lowest BCUT2D eigenvalue weighted by Gasteiger charge is -2.07. The second kappa shape index (κ2) is 6.99. The van der Waals surface area contributed by atoms with E-state index in [1.807, 2.05) is 19.1 Å². The molecule has 110 valence electrons. The van der Waals surface area contributed by atoms with Gasteiger partial charge >= 0.3 is 5.69 Å². The molecule has 0 radical (unpaired) electrons. The standard InChI is InChI=1S/C14H16N4O2S/c1-3-6-18-13(19)16-17-14(18)21-9-10-4-5-11(8-15)12(7-10)20-2/h4-5,7H,3,6,9H2,1-2H3,(H,16,19). The van der Waals surface area contributed by atoms with E-state index in [2.05, 4.69) is 16.3 Å². The predicted molar refractivity (Wildman–Crippen MR) is 80.4 cm³/mol. The number of hydrogen-bond donors (Lipinski definition) is 1. The molecular weight excluding hydrogens is 288 g/mol. The van der Waals surface area contributed by atoms with Crippen LogP contribution in [0.4, 0.5) is 0 Å². The van der Waals surface area contributed by atoms with Gasteiger partial charge in [-0.1, -0.05) is 24.8 Å². The Morgan fingerprint density at radius 1 is 1.52 bits per heavy atom. The zero-order valence-electron chi connectivity index (χ0n) is 11.9. The van der Waals surface area contributed by atoms with Crippen molar-refractivity contribution in [3.8, 4) is 11.8 Å². The number of nitriles is 1. The molecule has 7 heteroatoms. The lowest BCUT2D eigenvalue weighted by atomic mass is 10.1. The Morgan fingerprint density at radius 3 is 3.00 bits per heavy atom. The number of ether oxygens (including phenoxy) is 1. The highest BCUT2D eigenvalue weighted by Gasteiger charge is 2.09. The van der Waals surface area contributed by atoms with Crippen LogP contribution in [-0.4, -0.2) is 21.9 Å². The number of rotatable bonds is 6. The van der Waals surface area contributed by atoms with Crippen molar-refractivity contribution in [1.82, 2.24) is 14.8 Å². The Morgan fingerprint density at radius 2 is 2.33 bits per heavy atom. The maximum atomic E-state index is 11.6. The van der Waals surface area contributed by atoms with Crippen molar-refractivity contribution in [2.24, 2.45) is 0 Å². The van der Waals surface area contributed by atoms with Crippen molar-refractivity contribution >= 4 is 11.8 Å². The van der Waals surface area contributed by atoms with E-state index in [1.54, 1.807) is 17.7 Å². The van der Waals surface area contributed by atoms with E-state index < -0.39 is 0 Å². The third-order valence-electron chi connectivity index (χ3n) is 2.92. The van der Waals surface area contributed by atoms with Gasteiger partial charge in [0.2, 0.25) is 0 Å². The summed E-state index contributed by atoms with van der Waals surface area (Å²) in [7, 11) is 1.54. The average molecular weight is 304 g/mol. The first-order chi connectivity index (χ1) is 10.2. The maximum absolute atomic E-state index is 11.6. The van der Waals surface area contributed by atoms with E-state index in [-0.39, 0.29) is 5.69 Å². The van der Waals surface area contributed by atoms with Crippen LogP contribution in [0, 0.1) is 11.3 Å². The lowest BCUT2D eigenvalue weighted by Crippen LogP contribution is -2.17. The number of H-pyrrole nitrogens is 1. The molecule has 0 unspecified atom stereocenters. The molecule has 6 nitrogen and oxygen atoms in total. The molecule has 1 heterocycles. The number of aromatic nitrogens is 3. The second-order valence-electron chi connectivity index (χ2n) is 4.40. The molecule has 0 atom stereocenters. The van der Waals surface area contributed by atoms with E-state index in [1.165, 1.54) is 11.8 Å². The molecule has 0 saturated heterocycles. The highest BCUT2D eigenvalue weighted by atomic mass is 32.2. The third kappa shape index (κ3) is 3.47. The molecule has 0 aliphatic heterocycles. The largest absolute Gasteiger partial charge is 0.495 e. The molecule has 2 aromatic rings. The first kappa shape index (κ1) is 15.2. The topological polar surface area (TPSA) is 83.7 Å². The molecule has 0 saturated carbocycles. The molecule has 21 heavy (non-hydrogen) atoms. The number of benzene rings is 1. The van der Waals surface area contributed by atoms with Gasteiger partial charge in [-0.05, 0) is 24.1 Å². The van der Waals surface area contributed by atoms with Crippen LogP contribution >= 0.6 is 11.8 Å².